The molecule has 3 heteroatoms. The van der Waals surface area contributed by atoms with Gasteiger partial charge in [0.2, 0.25) is 0 Å². The lowest BCUT2D eigenvalue weighted by molar-refractivity contribution is 0.190. The van der Waals surface area contributed by atoms with Crippen LogP contribution in [-0.4, -0.2) is 24.8 Å². The van der Waals surface area contributed by atoms with Gasteiger partial charge in [-0.1, -0.05) is 18.2 Å². The van der Waals surface area contributed by atoms with Crippen molar-refractivity contribution in [1.82, 2.24) is 4.57 Å². The second-order valence-corrected chi connectivity index (χ2v) is 4.25. The van der Waals surface area contributed by atoms with Crippen LogP contribution in [0.3, 0.4) is 0 Å². The lowest BCUT2D eigenvalue weighted by Gasteiger charge is -2.09. The minimum Gasteiger partial charge on any atom is -0.385 e. The van der Waals surface area contributed by atoms with Crippen molar-refractivity contribution in [2.45, 2.75) is 19.4 Å². The highest BCUT2D eigenvalue weighted by Crippen LogP contribution is 2.21. The SMILES string of the molecule is COCCCn1ccc2cccc(CCN)c21. The Kier molecular flexibility index (Phi) is 4.18. The molecule has 3 nitrogen and oxygen atoms in total. The van der Waals surface area contributed by atoms with E-state index in [4.69, 9.17) is 10.5 Å². The molecule has 0 aliphatic rings. The Hall–Kier alpha value is -1.32. The first kappa shape index (κ1) is 12.1. The van der Waals surface area contributed by atoms with Gasteiger partial charge in [0.1, 0.15) is 0 Å². The van der Waals surface area contributed by atoms with Crippen LogP contribution in [0.2, 0.25) is 0 Å². The van der Waals surface area contributed by atoms with Gasteiger partial charge in [-0.05, 0) is 36.4 Å². The summed E-state index contributed by atoms with van der Waals surface area (Å²) >= 11 is 0. The number of para-hydroxylation sites is 1. The highest BCUT2D eigenvalue weighted by Gasteiger charge is 2.05. The van der Waals surface area contributed by atoms with E-state index < -0.39 is 0 Å². The summed E-state index contributed by atoms with van der Waals surface area (Å²) in [5.74, 6) is 0. The number of aromatic nitrogens is 1. The highest BCUT2D eigenvalue weighted by atomic mass is 16.5. The zero-order chi connectivity index (χ0) is 12.1. The Morgan fingerprint density at radius 3 is 2.94 bits per heavy atom. The zero-order valence-corrected chi connectivity index (χ0v) is 10.4. The number of nitrogens with two attached hydrogens (primary N) is 1. The van der Waals surface area contributed by atoms with Gasteiger partial charge in [0.25, 0.3) is 0 Å². The molecular weight excluding hydrogens is 212 g/mol. The number of hydrogen-bond acceptors (Lipinski definition) is 2. The minimum atomic E-state index is 0.697. The lowest BCUT2D eigenvalue weighted by Crippen LogP contribution is -2.06. The lowest BCUT2D eigenvalue weighted by atomic mass is 10.1. The van der Waals surface area contributed by atoms with Gasteiger partial charge >= 0.3 is 0 Å². The van der Waals surface area contributed by atoms with Crippen LogP contribution in [0, 0.1) is 0 Å². The smallest absolute Gasteiger partial charge is 0.0513 e. The third-order valence-electron chi connectivity index (χ3n) is 3.03. The van der Waals surface area contributed by atoms with Gasteiger partial charge in [-0.2, -0.15) is 0 Å². The highest BCUT2D eigenvalue weighted by molar-refractivity contribution is 5.83. The average molecular weight is 232 g/mol. The van der Waals surface area contributed by atoms with E-state index in [1.165, 1.54) is 16.5 Å². The summed E-state index contributed by atoms with van der Waals surface area (Å²) in [6.07, 6.45) is 4.13. The molecule has 0 spiro atoms. The quantitative estimate of drug-likeness (QED) is 0.775. The molecule has 1 aromatic carbocycles. The maximum atomic E-state index is 5.66. The first-order valence-corrected chi connectivity index (χ1v) is 6.12. The molecule has 0 saturated carbocycles. The molecule has 2 aromatic rings. The summed E-state index contributed by atoms with van der Waals surface area (Å²) in [6, 6.07) is 8.60. The summed E-state index contributed by atoms with van der Waals surface area (Å²) < 4.78 is 7.40. The van der Waals surface area contributed by atoms with Gasteiger partial charge in [-0.15, -0.1) is 0 Å². The van der Waals surface area contributed by atoms with E-state index in [-0.39, 0.29) is 0 Å². The summed E-state index contributed by atoms with van der Waals surface area (Å²) in [5, 5.41) is 1.30. The first-order chi connectivity index (χ1) is 8.36. The van der Waals surface area contributed by atoms with Crippen molar-refractivity contribution in [1.29, 1.82) is 0 Å². The molecule has 0 aliphatic heterocycles. The fourth-order valence-corrected chi connectivity index (χ4v) is 2.26. The largest absolute Gasteiger partial charge is 0.385 e. The van der Waals surface area contributed by atoms with Crippen molar-refractivity contribution >= 4 is 10.9 Å². The summed E-state index contributed by atoms with van der Waals surface area (Å²) in [4.78, 5) is 0. The van der Waals surface area contributed by atoms with Crippen LogP contribution in [0.4, 0.5) is 0 Å². The second-order valence-electron chi connectivity index (χ2n) is 4.25. The molecule has 1 heterocycles. The molecule has 0 unspecified atom stereocenters. The first-order valence-electron chi connectivity index (χ1n) is 6.12. The van der Waals surface area contributed by atoms with Gasteiger partial charge in [-0.3, -0.25) is 0 Å². The maximum absolute atomic E-state index is 5.66. The van der Waals surface area contributed by atoms with Crippen LogP contribution in [0.15, 0.2) is 30.5 Å². The number of fused-ring (bicyclic) bond motifs is 1. The molecule has 0 amide bonds. The molecule has 0 aliphatic carbocycles. The number of benzene rings is 1. The molecule has 0 saturated heterocycles. The van der Waals surface area contributed by atoms with E-state index in [9.17, 15) is 0 Å². The summed E-state index contributed by atoms with van der Waals surface area (Å²) in [5.41, 5.74) is 8.33. The third kappa shape index (κ3) is 2.68. The Morgan fingerprint density at radius 1 is 1.29 bits per heavy atom. The molecule has 0 atom stereocenters. The maximum Gasteiger partial charge on any atom is 0.0513 e. The second kappa shape index (κ2) is 5.84. The van der Waals surface area contributed by atoms with E-state index in [2.05, 4.69) is 35.0 Å². The molecule has 17 heavy (non-hydrogen) atoms. The number of aryl methyl sites for hydroxylation is 1. The van der Waals surface area contributed by atoms with Crippen molar-refractivity contribution in [2.75, 3.05) is 20.3 Å². The molecular formula is C14H20N2O. The number of hydrogen-bond donors (Lipinski definition) is 1. The average Bonchev–Trinajstić information content (AvgIpc) is 2.75. The van der Waals surface area contributed by atoms with E-state index in [1.807, 2.05) is 0 Å². The molecule has 92 valence electrons. The molecule has 2 rings (SSSR count). The number of rotatable bonds is 6. The monoisotopic (exact) mass is 232 g/mol. The molecule has 2 N–H and O–H groups in total. The van der Waals surface area contributed by atoms with Crippen LogP contribution in [-0.2, 0) is 17.7 Å². The molecule has 1 aromatic heterocycles. The zero-order valence-electron chi connectivity index (χ0n) is 10.4. The van der Waals surface area contributed by atoms with Gasteiger partial charge in [0, 0.05) is 26.5 Å². The van der Waals surface area contributed by atoms with Crippen molar-refractivity contribution < 1.29 is 4.74 Å². The van der Waals surface area contributed by atoms with Gasteiger partial charge in [-0.25, -0.2) is 0 Å². The van der Waals surface area contributed by atoms with E-state index in [0.29, 0.717) is 6.54 Å². The van der Waals surface area contributed by atoms with Crippen LogP contribution in [0.25, 0.3) is 10.9 Å². The third-order valence-corrected chi connectivity index (χ3v) is 3.03. The van der Waals surface area contributed by atoms with Crippen LogP contribution < -0.4 is 5.73 Å². The van der Waals surface area contributed by atoms with Crippen LogP contribution >= 0.6 is 0 Å². The van der Waals surface area contributed by atoms with E-state index >= 15 is 0 Å². The minimum absolute atomic E-state index is 0.697. The van der Waals surface area contributed by atoms with E-state index in [1.54, 1.807) is 7.11 Å². The van der Waals surface area contributed by atoms with Crippen LogP contribution in [0.1, 0.15) is 12.0 Å². The molecule has 0 radical (unpaired) electrons. The Morgan fingerprint density at radius 2 is 2.18 bits per heavy atom. The Bertz CT molecular complexity index is 476. The van der Waals surface area contributed by atoms with Crippen molar-refractivity contribution in [2.24, 2.45) is 5.73 Å². The van der Waals surface area contributed by atoms with Gasteiger partial charge in [0.05, 0.1) is 5.52 Å². The summed E-state index contributed by atoms with van der Waals surface area (Å²) in [6.45, 7) is 2.50. The van der Waals surface area contributed by atoms with Crippen molar-refractivity contribution in [3.05, 3.63) is 36.0 Å². The predicted molar refractivity (Wildman–Crippen MR) is 71.2 cm³/mol. The van der Waals surface area contributed by atoms with Gasteiger partial charge < -0.3 is 15.0 Å². The normalized spacial score (nSPS) is 11.2. The van der Waals surface area contributed by atoms with E-state index in [0.717, 1.165) is 26.0 Å². The Labute approximate surface area is 102 Å². The standard InChI is InChI=1S/C14H20N2O/c1-17-11-3-9-16-10-7-13-5-2-4-12(6-8-15)14(13)16/h2,4-5,7,10H,3,6,8-9,11,15H2,1H3. The fraction of sp³-hybridized carbons (Fsp3) is 0.429. The van der Waals surface area contributed by atoms with Gasteiger partial charge in [0.15, 0.2) is 0 Å². The fourth-order valence-electron chi connectivity index (χ4n) is 2.26. The molecule has 0 bridgehead atoms. The van der Waals surface area contributed by atoms with Crippen LogP contribution in [0.5, 0.6) is 0 Å². The number of nitrogens with zero attached hydrogens (tertiary/aromatic N) is 1. The number of ether oxygens (including phenoxy) is 1. The molecule has 0 fully saturated rings. The predicted octanol–water partition coefficient (Wildman–Crippen LogP) is 2.18. The topological polar surface area (TPSA) is 40.2 Å². The number of methoxy groups -OCH3 is 1. The summed E-state index contributed by atoms with van der Waals surface area (Å²) in [7, 11) is 1.74. The van der Waals surface area contributed by atoms with Crippen molar-refractivity contribution in [3.63, 3.8) is 0 Å². The Balaban J connectivity index is 2.28. The van der Waals surface area contributed by atoms with Crippen molar-refractivity contribution in [3.8, 4) is 0 Å².